The van der Waals surface area contributed by atoms with Crippen LogP contribution in [0.5, 0.6) is 0 Å². The Morgan fingerprint density at radius 1 is 0.815 bits per heavy atom. The number of fused-ring (bicyclic) bond motifs is 1. The molecule has 4 amide bonds. The van der Waals surface area contributed by atoms with Crippen LogP contribution in [0.4, 0.5) is 5.69 Å². The Labute approximate surface area is 326 Å². The van der Waals surface area contributed by atoms with Gasteiger partial charge in [0.2, 0.25) is 17.8 Å². The second kappa shape index (κ2) is 22.7. The summed E-state index contributed by atoms with van der Waals surface area (Å²) in [5.74, 6) is -8.23. The van der Waals surface area contributed by atoms with Crippen molar-refractivity contribution >= 4 is 102 Å². The van der Waals surface area contributed by atoms with Crippen LogP contribution in [0.1, 0.15) is 48.9 Å². The number of carboxylic acid groups (broad SMARTS) is 4. The van der Waals surface area contributed by atoms with Gasteiger partial charge in [0.05, 0.1) is 6.54 Å². The number of hydrogen-bond donors (Lipinski definition) is 10. The molecule has 0 spiro atoms. The van der Waals surface area contributed by atoms with E-state index in [0.29, 0.717) is 24.6 Å². The van der Waals surface area contributed by atoms with E-state index in [1.807, 2.05) is 4.90 Å². The number of nitrogens with zero attached hydrogens (tertiary/aromatic N) is 3. The minimum absolute atomic E-state index is 0. The first-order valence-corrected chi connectivity index (χ1v) is 15.6. The number of carbonyl (C=O) groups is 8. The summed E-state index contributed by atoms with van der Waals surface area (Å²) in [5, 5.41) is 49.2. The van der Waals surface area contributed by atoms with Crippen molar-refractivity contribution in [3.05, 3.63) is 29.8 Å². The van der Waals surface area contributed by atoms with Crippen molar-refractivity contribution in [1.82, 2.24) is 26.2 Å². The predicted octanol–water partition coefficient (Wildman–Crippen LogP) is -1.36. The summed E-state index contributed by atoms with van der Waals surface area (Å²) in [6, 6.07) is 0.627. The zero-order chi connectivity index (χ0) is 37.8. The van der Waals surface area contributed by atoms with E-state index < -0.39 is 104 Å². The number of nitrogens with one attached hydrogen (secondary N) is 5. The van der Waals surface area contributed by atoms with Gasteiger partial charge in [0, 0.05) is 43.1 Å². The van der Waals surface area contributed by atoms with E-state index in [0.717, 1.165) is 0 Å². The quantitative estimate of drug-likeness (QED) is 0.0770. The normalized spacial score (nSPS) is 17.6. The first-order valence-electron chi connectivity index (χ1n) is 15.6. The molecule has 3 rings (SSSR count). The summed E-state index contributed by atoms with van der Waals surface area (Å²) in [6.07, 6.45) is -2.80. The van der Waals surface area contributed by atoms with E-state index >= 15 is 0 Å². The van der Waals surface area contributed by atoms with E-state index in [9.17, 15) is 48.6 Å². The zero-order valence-electron chi connectivity index (χ0n) is 28.6. The van der Waals surface area contributed by atoms with Crippen LogP contribution >= 0.6 is 37.2 Å². The molecule has 2 aliphatic heterocycles. The fourth-order valence-electron chi connectivity index (χ4n) is 5.10. The second-order valence-electron chi connectivity index (χ2n) is 11.7. The number of benzene rings is 1. The van der Waals surface area contributed by atoms with Gasteiger partial charge in [0.25, 0.3) is 11.8 Å². The average molecular weight is 827 g/mol. The largest absolute Gasteiger partial charge is 0.481 e. The van der Waals surface area contributed by atoms with Crippen molar-refractivity contribution < 1.29 is 58.8 Å². The van der Waals surface area contributed by atoms with Gasteiger partial charge in [-0.1, -0.05) is 0 Å². The van der Waals surface area contributed by atoms with Crippen LogP contribution in [-0.2, 0) is 33.6 Å². The molecule has 300 valence electrons. The molecule has 2 heterocycles. The minimum atomic E-state index is -1.58. The maximum Gasteiger partial charge on any atom is 0.326 e. The molecule has 5 atom stereocenters. The average Bonchev–Trinajstić information content (AvgIpc) is 3.05. The van der Waals surface area contributed by atoms with Crippen molar-refractivity contribution in [2.75, 3.05) is 25.5 Å². The summed E-state index contributed by atoms with van der Waals surface area (Å²) in [6.45, 7) is 0.746. The van der Waals surface area contributed by atoms with Crippen molar-refractivity contribution in [2.24, 2.45) is 15.7 Å². The topological polar surface area (TPSA) is 332 Å². The van der Waals surface area contributed by atoms with Crippen LogP contribution in [-0.4, -0.2) is 135 Å². The molecule has 0 saturated carbocycles. The Bertz CT molecular complexity index is 1610. The maximum atomic E-state index is 12.8. The Morgan fingerprint density at radius 2 is 1.30 bits per heavy atom. The molecule has 0 aliphatic carbocycles. The van der Waals surface area contributed by atoms with Gasteiger partial charge in [-0.2, -0.15) is 4.99 Å². The van der Waals surface area contributed by atoms with Crippen molar-refractivity contribution in [3.63, 3.8) is 0 Å². The van der Waals surface area contributed by atoms with E-state index in [-0.39, 0.29) is 60.7 Å². The number of aliphatic imine (C=N–C) groups is 2. The van der Waals surface area contributed by atoms with E-state index in [2.05, 4.69) is 36.6 Å². The molecular weight excluding hydrogens is 785 g/mol. The highest BCUT2D eigenvalue weighted by Crippen LogP contribution is 2.17. The van der Waals surface area contributed by atoms with Gasteiger partial charge in [-0.25, -0.2) is 14.4 Å². The van der Waals surface area contributed by atoms with Crippen molar-refractivity contribution in [3.8, 4) is 0 Å². The first kappa shape index (κ1) is 48.8. The molecule has 54 heavy (non-hydrogen) atoms. The molecule has 0 saturated heterocycles. The number of anilines is 1. The summed E-state index contributed by atoms with van der Waals surface area (Å²) in [7, 11) is 1.76. The SMILES string of the molecule is CN1C(CNc2ccc(C(=O)N[C@@H](CCC(=O)N[C@@H](CCC(=O)N[C@@H](CCC(=O)O)C(=O)O)C(=O)O)C(=O)O)cc2)CN=C2N=C(N)NC(=O)C21.Cl.Cl.Cl. The molecular formula is C30H42Cl3N9O12. The monoisotopic (exact) mass is 825 g/mol. The number of hydrogen-bond acceptors (Lipinski definition) is 13. The van der Waals surface area contributed by atoms with Crippen LogP contribution in [0.2, 0.25) is 0 Å². The Morgan fingerprint density at radius 3 is 1.78 bits per heavy atom. The second-order valence-corrected chi connectivity index (χ2v) is 11.7. The molecule has 0 bridgehead atoms. The summed E-state index contributed by atoms with van der Waals surface area (Å²) in [5.41, 5.74) is 6.34. The molecule has 1 aromatic rings. The van der Waals surface area contributed by atoms with E-state index in [4.69, 9.17) is 15.9 Å². The molecule has 11 N–H and O–H groups in total. The number of nitrogens with two attached hydrogens (primary N) is 1. The number of carboxylic acids is 4. The highest BCUT2D eigenvalue weighted by atomic mass is 35.5. The number of halogens is 3. The Hall–Kier alpha value is -5.25. The van der Waals surface area contributed by atoms with Gasteiger partial charge < -0.3 is 47.4 Å². The lowest BCUT2D eigenvalue weighted by Crippen LogP contribution is -2.62. The number of amidine groups is 1. The third kappa shape index (κ3) is 14.6. The van der Waals surface area contributed by atoms with Gasteiger partial charge in [-0.3, -0.25) is 39.2 Å². The van der Waals surface area contributed by atoms with E-state index in [1.54, 1.807) is 19.2 Å². The number of likely N-dealkylation sites (N-methyl/N-ethyl adjacent to an activating group) is 1. The third-order valence-corrected chi connectivity index (χ3v) is 7.95. The highest BCUT2D eigenvalue weighted by molar-refractivity contribution is 6.19. The molecule has 2 unspecified atom stereocenters. The minimum Gasteiger partial charge on any atom is -0.481 e. The van der Waals surface area contributed by atoms with Crippen LogP contribution in [0.3, 0.4) is 0 Å². The number of guanidine groups is 1. The number of carbonyl (C=O) groups excluding carboxylic acids is 4. The van der Waals surface area contributed by atoms with Crippen LogP contribution < -0.4 is 32.3 Å². The summed E-state index contributed by atoms with van der Waals surface area (Å²) in [4.78, 5) is 106. The smallest absolute Gasteiger partial charge is 0.326 e. The van der Waals surface area contributed by atoms with E-state index in [1.165, 1.54) is 12.1 Å². The van der Waals surface area contributed by atoms with Crippen LogP contribution in [0, 0.1) is 0 Å². The zero-order valence-corrected chi connectivity index (χ0v) is 31.0. The fourth-order valence-corrected chi connectivity index (χ4v) is 5.10. The summed E-state index contributed by atoms with van der Waals surface area (Å²) >= 11 is 0. The van der Waals surface area contributed by atoms with Gasteiger partial charge in [0.1, 0.15) is 18.1 Å². The Balaban J connectivity index is 0.00000936. The van der Waals surface area contributed by atoms with Gasteiger partial charge >= 0.3 is 23.9 Å². The number of rotatable bonds is 19. The fraction of sp³-hybridized carbons (Fsp3) is 0.467. The molecule has 0 fully saturated rings. The molecule has 1 aromatic carbocycles. The van der Waals surface area contributed by atoms with Gasteiger partial charge in [-0.15, -0.1) is 37.2 Å². The van der Waals surface area contributed by atoms with Gasteiger partial charge in [0.15, 0.2) is 11.9 Å². The molecule has 21 nitrogen and oxygen atoms in total. The Kier molecular flexibility index (Phi) is 20.5. The summed E-state index contributed by atoms with van der Waals surface area (Å²) < 4.78 is 0. The lowest BCUT2D eigenvalue weighted by atomic mass is 10.1. The van der Waals surface area contributed by atoms with Crippen LogP contribution in [0.15, 0.2) is 34.3 Å². The number of amides is 4. The maximum absolute atomic E-state index is 12.8. The highest BCUT2D eigenvalue weighted by Gasteiger charge is 2.39. The predicted molar refractivity (Wildman–Crippen MR) is 197 cm³/mol. The van der Waals surface area contributed by atoms with Crippen molar-refractivity contribution in [1.29, 1.82) is 0 Å². The third-order valence-electron chi connectivity index (χ3n) is 7.95. The number of aliphatic carboxylic acids is 4. The lowest BCUT2D eigenvalue weighted by molar-refractivity contribution is -0.144. The van der Waals surface area contributed by atoms with Crippen LogP contribution in [0.25, 0.3) is 0 Å². The standard InChI is InChI=1S/C30H39N9O12.3ClH/c1-39-16(13-33-24-23(39)26(45)38-30(31)37-24)12-32-15-4-2-14(3-5-15)25(44)36-19(29(50)51)7-10-21(41)34-17(27(46)47)6-9-20(40)35-18(28(48)49)8-11-22(42)43;;;/h2-5,16-19,23,32H,6-13H2,1H3,(H,34,41)(H,35,40)(H,36,44)(H,42,43)(H,46,47)(H,48,49)(H,50,51)(H3,31,33,37,38,45);3*1H/t16?,17-,18-,19-,23?;;;/m0.../s1. The molecule has 0 aromatic heterocycles. The first-order chi connectivity index (χ1) is 24.0. The lowest BCUT2D eigenvalue weighted by Gasteiger charge is -2.38. The molecule has 24 heteroatoms. The molecule has 0 radical (unpaired) electrons. The van der Waals surface area contributed by atoms with Crippen molar-refractivity contribution in [2.45, 2.75) is 68.7 Å². The molecule has 2 aliphatic rings. The van der Waals surface area contributed by atoms with Gasteiger partial charge in [-0.05, 0) is 50.6 Å².